The fraction of sp³-hybridized carbons (Fsp3) is 0.273. The maximum atomic E-state index is 10.9. The zero-order chi connectivity index (χ0) is 11.0. The summed E-state index contributed by atoms with van der Waals surface area (Å²) >= 11 is 0. The smallest absolute Gasteiger partial charge is 0.274 e. The number of hydrogen-bond donors (Lipinski definition) is 0. The molecule has 0 aromatic heterocycles. The molecule has 0 unspecified atom stereocenters. The van der Waals surface area contributed by atoms with Crippen LogP contribution in [0.3, 0.4) is 0 Å². The van der Waals surface area contributed by atoms with Gasteiger partial charge in [-0.1, -0.05) is 24.3 Å². The summed E-state index contributed by atoms with van der Waals surface area (Å²) in [6.07, 6.45) is 0.427. The summed E-state index contributed by atoms with van der Waals surface area (Å²) in [7, 11) is 3.67. The third-order valence-electron chi connectivity index (χ3n) is 2.57. The van der Waals surface area contributed by atoms with Crippen LogP contribution in [-0.4, -0.2) is 23.9 Å². The fourth-order valence-corrected chi connectivity index (χ4v) is 1.98. The molecule has 4 heteroatoms. The van der Waals surface area contributed by atoms with Gasteiger partial charge in [0, 0.05) is 19.7 Å². The Hall–Kier alpha value is -1.84. The van der Waals surface area contributed by atoms with Crippen molar-refractivity contribution >= 4 is 5.70 Å². The molecule has 0 fully saturated rings. The Bertz CT molecular complexity index is 450. The first-order valence-electron chi connectivity index (χ1n) is 4.74. The summed E-state index contributed by atoms with van der Waals surface area (Å²) in [5, 5.41) is 10.9. The van der Waals surface area contributed by atoms with Gasteiger partial charge in [0.05, 0.1) is 11.3 Å². The van der Waals surface area contributed by atoms with Crippen LogP contribution >= 0.6 is 0 Å². The molecule has 0 spiro atoms. The number of benzene rings is 1. The number of allylic oxidation sites excluding steroid dienone is 1. The van der Waals surface area contributed by atoms with Crippen molar-refractivity contribution in [2.75, 3.05) is 14.1 Å². The molecule has 0 N–H and O–H groups in total. The van der Waals surface area contributed by atoms with Gasteiger partial charge in [-0.2, -0.15) is 0 Å². The summed E-state index contributed by atoms with van der Waals surface area (Å²) < 4.78 is 0. The van der Waals surface area contributed by atoms with Gasteiger partial charge in [0.1, 0.15) is 5.70 Å². The first-order chi connectivity index (χ1) is 7.11. The highest BCUT2D eigenvalue weighted by atomic mass is 16.6. The van der Waals surface area contributed by atoms with E-state index in [1.807, 2.05) is 43.3 Å². The molecule has 0 bridgehead atoms. The van der Waals surface area contributed by atoms with E-state index in [1.165, 1.54) is 0 Å². The Morgan fingerprint density at radius 2 is 2.00 bits per heavy atom. The number of fused-ring (bicyclic) bond motifs is 1. The minimum atomic E-state index is -0.282. The van der Waals surface area contributed by atoms with Gasteiger partial charge in [-0.05, 0) is 5.56 Å². The maximum Gasteiger partial charge on any atom is 0.274 e. The average Bonchev–Trinajstić information content (AvgIpc) is 2.56. The summed E-state index contributed by atoms with van der Waals surface area (Å²) in [5.74, 6) is 0. The molecule has 2 rings (SSSR count). The summed E-state index contributed by atoms with van der Waals surface area (Å²) in [6, 6.07) is 7.69. The molecule has 15 heavy (non-hydrogen) atoms. The molecule has 1 aromatic rings. The third kappa shape index (κ3) is 1.48. The monoisotopic (exact) mass is 204 g/mol. The van der Waals surface area contributed by atoms with Gasteiger partial charge in [0.2, 0.25) is 0 Å². The molecule has 4 nitrogen and oxygen atoms in total. The van der Waals surface area contributed by atoms with E-state index >= 15 is 0 Å². The Balaban J connectivity index is 2.58. The molecule has 78 valence electrons. The quantitative estimate of drug-likeness (QED) is 0.544. The Morgan fingerprint density at radius 1 is 1.33 bits per heavy atom. The largest absolute Gasteiger partial charge is 0.372 e. The van der Waals surface area contributed by atoms with Gasteiger partial charge >= 0.3 is 0 Å². The molecule has 0 atom stereocenters. The topological polar surface area (TPSA) is 46.4 Å². The lowest BCUT2D eigenvalue weighted by atomic mass is 10.1. The van der Waals surface area contributed by atoms with Crippen LogP contribution in [0.4, 0.5) is 0 Å². The molecule has 0 heterocycles. The molecule has 1 aliphatic carbocycles. The second kappa shape index (κ2) is 3.38. The molecule has 0 aliphatic heterocycles. The highest BCUT2D eigenvalue weighted by molar-refractivity contribution is 5.73. The molecule has 0 radical (unpaired) electrons. The van der Waals surface area contributed by atoms with Gasteiger partial charge in [0.25, 0.3) is 5.70 Å². The Morgan fingerprint density at radius 3 is 2.60 bits per heavy atom. The molecule has 0 amide bonds. The maximum absolute atomic E-state index is 10.9. The average molecular weight is 204 g/mol. The van der Waals surface area contributed by atoms with Crippen LogP contribution in [0, 0.1) is 10.1 Å². The van der Waals surface area contributed by atoms with Gasteiger partial charge in [0.15, 0.2) is 0 Å². The molecule has 1 aliphatic rings. The minimum Gasteiger partial charge on any atom is -0.372 e. The van der Waals surface area contributed by atoms with Crippen molar-refractivity contribution < 1.29 is 4.92 Å². The van der Waals surface area contributed by atoms with Crippen LogP contribution in [0.15, 0.2) is 30.0 Å². The minimum absolute atomic E-state index is 0.282. The summed E-state index contributed by atoms with van der Waals surface area (Å²) in [6.45, 7) is 0. The van der Waals surface area contributed by atoms with E-state index in [-0.39, 0.29) is 4.92 Å². The lowest BCUT2D eigenvalue weighted by molar-refractivity contribution is -0.426. The van der Waals surface area contributed by atoms with Crippen LogP contribution in [0.5, 0.6) is 0 Å². The first kappa shape index (κ1) is 9.71. The zero-order valence-electron chi connectivity index (χ0n) is 8.73. The van der Waals surface area contributed by atoms with E-state index in [1.54, 1.807) is 0 Å². The predicted molar refractivity (Wildman–Crippen MR) is 57.7 cm³/mol. The fourth-order valence-electron chi connectivity index (χ4n) is 1.98. The van der Waals surface area contributed by atoms with E-state index in [0.29, 0.717) is 12.1 Å². The van der Waals surface area contributed by atoms with Crippen molar-refractivity contribution in [3.05, 3.63) is 51.2 Å². The number of rotatable bonds is 2. The predicted octanol–water partition coefficient (Wildman–Crippen LogP) is 1.75. The van der Waals surface area contributed by atoms with Gasteiger partial charge in [-0.3, -0.25) is 10.1 Å². The van der Waals surface area contributed by atoms with E-state index in [9.17, 15) is 10.1 Å². The van der Waals surface area contributed by atoms with Crippen LogP contribution in [-0.2, 0) is 6.42 Å². The number of nitrogens with zero attached hydrogens (tertiary/aromatic N) is 2. The number of nitro groups is 1. The highest BCUT2D eigenvalue weighted by Crippen LogP contribution is 2.33. The van der Waals surface area contributed by atoms with Crippen molar-refractivity contribution in [2.45, 2.75) is 6.42 Å². The lowest BCUT2D eigenvalue weighted by Crippen LogP contribution is -2.13. The first-order valence-corrected chi connectivity index (χ1v) is 4.74. The van der Waals surface area contributed by atoms with Crippen LogP contribution in [0.25, 0.3) is 5.70 Å². The van der Waals surface area contributed by atoms with Crippen LogP contribution in [0.2, 0.25) is 0 Å². The third-order valence-corrected chi connectivity index (χ3v) is 2.57. The van der Waals surface area contributed by atoms with Crippen molar-refractivity contribution in [1.82, 2.24) is 4.90 Å². The normalized spacial score (nSPS) is 14.0. The zero-order valence-corrected chi connectivity index (χ0v) is 8.73. The second-order valence-electron chi connectivity index (χ2n) is 3.78. The van der Waals surface area contributed by atoms with E-state index < -0.39 is 0 Å². The number of hydrogen-bond acceptors (Lipinski definition) is 3. The molecule has 0 saturated carbocycles. The van der Waals surface area contributed by atoms with Gasteiger partial charge in [-0.25, -0.2) is 0 Å². The molecular weight excluding hydrogens is 192 g/mol. The second-order valence-corrected chi connectivity index (χ2v) is 3.78. The molecular formula is C11H12N2O2. The van der Waals surface area contributed by atoms with Crippen LogP contribution < -0.4 is 0 Å². The van der Waals surface area contributed by atoms with Gasteiger partial charge < -0.3 is 4.90 Å². The van der Waals surface area contributed by atoms with Crippen LogP contribution in [0.1, 0.15) is 11.1 Å². The van der Waals surface area contributed by atoms with Crippen molar-refractivity contribution in [3.63, 3.8) is 0 Å². The van der Waals surface area contributed by atoms with E-state index in [0.717, 1.165) is 16.8 Å². The lowest BCUT2D eigenvalue weighted by Gasteiger charge is -2.13. The highest BCUT2D eigenvalue weighted by Gasteiger charge is 2.30. The van der Waals surface area contributed by atoms with E-state index in [2.05, 4.69) is 0 Å². The standard InChI is InChI=1S/C11H12N2O2/c1-12(2)11-9-6-4-3-5-8(9)7-10(11)13(14)15/h3-6H,7H2,1-2H3. The molecule has 0 saturated heterocycles. The van der Waals surface area contributed by atoms with Crippen molar-refractivity contribution in [3.8, 4) is 0 Å². The Labute approximate surface area is 88.0 Å². The van der Waals surface area contributed by atoms with Gasteiger partial charge in [-0.15, -0.1) is 0 Å². The molecule has 1 aromatic carbocycles. The van der Waals surface area contributed by atoms with Crippen molar-refractivity contribution in [2.24, 2.45) is 0 Å². The summed E-state index contributed by atoms with van der Waals surface area (Å²) in [4.78, 5) is 12.4. The van der Waals surface area contributed by atoms with Crippen molar-refractivity contribution in [1.29, 1.82) is 0 Å². The summed E-state index contributed by atoms with van der Waals surface area (Å²) in [5.41, 5.74) is 3.04. The van der Waals surface area contributed by atoms with E-state index in [4.69, 9.17) is 0 Å². The Kier molecular flexibility index (Phi) is 2.19. The SMILES string of the molecule is CN(C)C1=C([N+](=O)[O-])Cc2ccccc21.